The Labute approximate surface area is 434 Å². The number of carboxylic acids is 2. The number of ether oxygens (including phenoxy) is 4. The summed E-state index contributed by atoms with van der Waals surface area (Å²) < 4.78 is 22.8. The molecule has 4 atom stereocenters. The van der Waals surface area contributed by atoms with E-state index >= 15 is 0 Å². The summed E-state index contributed by atoms with van der Waals surface area (Å²) in [7, 11) is 0. The first kappa shape index (κ1) is 62.8. The molecular weight excluding hydrogens is 946 g/mol. The molecule has 2 rings (SSSR count). The number of carbonyl (C=O) groups excluding carboxylic acids is 4. The number of hydrogen-bond donors (Lipinski definition) is 0. The first-order chi connectivity index (χ1) is 31.0. The van der Waals surface area contributed by atoms with Crippen LogP contribution in [0.1, 0.15) is 219 Å². The van der Waals surface area contributed by atoms with Crippen LogP contribution in [0, 0.1) is 0 Å². The zero-order valence-electron chi connectivity index (χ0n) is 41.1. The van der Waals surface area contributed by atoms with E-state index in [1.54, 1.807) is 0 Å². The number of aliphatic carboxylic acids is 2. The fourth-order valence-corrected chi connectivity index (χ4v) is 7.87. The number of rotatable bonds is 40. The van der Waals surface area contributed by atoms with Gasteiger partial charge in [0.2, 0.25) is 0 Å². The second-order valence-electron chi connectivity index (χ2n) is 17.5. The van der Waals surface area contributed by atoms with Gasteiger partial charge in [-0.25, -0.2) is 0 Å². The van der Waals surface area contributed by atoms with Gasteiger partial charge in [0.05, 0.1) is 25.4 Å². The zero-order valence-corrected chi connectivity index (χ0v) is 45.5. The number of carbonyl (C=O) groups is 4. The van der Waals surface area contributed by atoms with Gasteiger partial charge < -0.3 is 38.7 Å². The molecule has 2 aromatic rings. The van der Waals surface area contributed by atoms with Crippen LogP contribution in [0.3, 0.4) is 0 Å². The van der Waals surface area contributed by atoms with Crippen LogP contribution in [0.2, 0.25) is 0 Å². The average molecular weight is 1030 g/mol. The van der Waals surface area contributed by atoms with Gasteiger partial charge in [-0.15, -0.1) is 0 Å². The molecule has 0 aliphatic rings. The van der Waals surface area contributed by atoms with Gasteiger partial charge in [0.1, 0.15) is 12.2 Å². The van der Waals surface area contributed by atoms with Crippen molar-refractivity contribution in [2.24, 2.45) is 0 Å². The average Bonchev–Trinajstić information content (AvgIpc) is 3.27. The SMILES string of the molecule is CCCCC(CCCCCCCCCC(CCC(=O)[O-])OCc1ccccc1)OC(C)=O.CCCCC(CCCCCCCCCC(CCC(=O)[O-])OCc1ccccc1)OC(C)=O.[Ba+2]. The van der Waals surface area contributed by atoms with Crippen molar-refractivity contribution in [2.45, 2.75) is 245 Å². The van der Waals surface area contributed by atoms with Crippen LogP contribution in [0.25, 0.3) is 0 Å². The van der Waals surface area contributed by atoms with E-state index in [0.29, 0.717) is 26.1 Å². The van der Waals surface area contributed by atoms with Crippen molar-refractivity contribution in [3.63, 3.8) is 0 Å². The predicted molar refractivity (Wildman–Crippen MR) is 258 cm³/mol. The minimum Gasteiger partial charge on any atom is -0.550 e. The molecule has 0 aromatic heterocycles. The van der Waals surface area contributed by atoms with Crippen molar-refractivity contribution < 1.29 is 48.3 Å². The van der Waals surface area contributed by atoms with E-state index < -0.39 is 11.9 Å². The summed E-state index contributed by atoms with van der Waals surface area (Å²) in [5, 5.41) is 21.7. The van der Waals surface area contributed by atoms with E-state index in [2.05, 4.69) is 13.8 Å². The fourth-order valence-electron chi connectivity index (χ4n) is 7.87. The third-order valence-corrected chi connectivity index (χ3v) is 11.5. The van der Waals surface area contributed by atoms with Crippen LogP contribution < -0.4 is 10.2 Å². The molecule has 0 heterocycles. The largest absolute Gasteiger partial charge is 2.00 e. The normalized spacial score (nSPS) is 12.7. The first-order valence-corrected chi connectivity index (χ1v) is 25.1. The van der Waals surface area contributed by atoms with E-state index in [1.807, 2.05) is 60.7 Å². The van der Waals surface area contributed by atoms with E-state index in [4.69, 9.17) is 18.9 Å². The van der Waals surface area contributed by atoms with Gasteiger partial charge >= 0.3 is 60.8 Å². The maximum absolute atomic E-state index is 11.2. The van der Waals surface area contributed by atoms with Gasteiger partial charge in [0, 0.05) is 25.8 Å². The van der Waals surface area contributed by atoms with Crippen LogP contribution in [-0.2, 0) is 51.3 Å². The summed E-state index contributed by atoms with van der Waals surface area (Å²) in [6, 6.07) is 20.0. The molecule has 0 aliphatic carbocycles. The molecule has 11 heteroatoms. The van der Waals surface area contributed by atoms with Gasteiger partial charge in [0.15, 0.2) is 0 Å². The summed E-state index contributed by atoms with van der Waals surface area (Å²) >= 11 is 0. The van der Waals surface area contributed by atoms with Crippen LogP contribution in [0.4, 0.5) is 0 Å². The summed E-state index contributed by atoms with van der Waals surface area (Å²) in [4.78, 5) is 44.1. The summed E-state index contributed by atoms with van der Waals surface area (Å²) in [5.41, 5.74) is 2.22. The molecule has 0 N–H and O–H groups in total. The molecule has 10 nitrogen and oxygen atoms in total. The van der Waals surface area contributed by atoms with Gasteiger partial charge in [0.25, 0.3) is 0 Å². The van der Waals surface area contributed by atoms with Crippen LogP contribution in [0.15, 0.2) is 60.7 Å². The van der Waals surface area contributed by atoms with Crippen LogP contribution in [0.5, 0.6) is 0 Å². The van der Waals surface area contributed by atoms with Crippen LogP contribution in [-0.4, -0.2) is 97.2 Å². The molecule has 0 saturated heterocycles. The van der Waals surface area contributed by atoms with Gasteiger partial charge in [-0.3, -0.25) is 9.59 Å². The monoisotopic (exact) mass is 1030 g/mol. The van der Waals surface area contributed by atoms with Crippen molar-refractivity contribution in [3.8, 4) is 0 Å². The standard InChI is InChI=1S/2C27H44O5.Ba/c2*1-3-4-17-26(32-23(2)28)19-14-9-7-5-6-8-13-18-25(20-21-27(29)30)31-22-24-15-11-10-12-16-24;/h2*10-12,15-16,25-26H,3-9,13-14,17-22H2,1-2H3,(H,29,30);/q;;+2/p-2. The molecule has 0 aliphatic heterocycles. The topological polar surface area (TPSA) is 151 Å². The Morgan fingerprint density at radius 1 is 0.415 bits per heavy atom. The minimum atomic E-state index is -1.01. The molecular formula is C54H86BaO10. The molecule has 2 aromatic carbocycles. The smallest absolute Gasteiger partial charge is 0.550 e. The first-order valence-electron chi connectivity index (χ1n) is 25.1. The Kier molecular flexibility index (Phi) is 42.8. The maximum atomic E-state index is 11.2. The van der Waals surface area contributed by atoms with E-state index in [0.717, 1.165) is 114 Å². The minimum absolute atomic E-state index is 0. The molecule has 0 bridgehead atoms. The Balaban J connectivity index is 0.00000124. The molecule has 65 heavy (non-hydrogen) atoms. The summed E-state index contributed by atoms with van der Waals surface area (Å²) in [6.45, 7) is 8.34. The van der Waals surface area contributed by atoms with Gasteiger partial charge in [-0.2, -0.15) is 0 Å². The van der Waals surface area contributed by atoms with Gasteiger partial charge in [-0.1, -0.05) is 177 Å². The Morgan fingerprint density at radius 3 is 0.969 bits per heavy atom. The second kappa shape index (κ2) is 44.3. The van der Waals surface area contributed by atoms with Crippen molar-refractivity contribution in [1.29, 1.82) is 0 Å². The number of hydrogen-bond acceptors (Lipinski definition) is 10. The Hall–Kier alpha value is -2.19. The summed E-state index contributed by atoms with van der Waals surface area (Å²) in [5.74, 6) is -2.36. The Morgan fingerprint density at radius 2 is 0.692 bits per heavy atom. The number of unbranched alkanes of at least 4 members (excludes halogenated alkanes) is 14. The predicted octanol–water partition coefficient (Wildman–Crippen LogP) is 11.1. The van der Waals surface area contributed by atoms with Crippen molar-refractivity contribution in [1.82, 2.24) is 0 Å². The zero-order chi connectivity index (χ0) is 46.9. The third kappa shape index (κ3) is 40.6. The third-order valence-electron chi connectivity index (χ3n) is 11.5. The number of benzene rings is 2. The maximum Gasteiger partial charge on any atom is 2.00 e. The molecule has 4 unspecified atom stereocenters. The van der Waals surface area contributed by atoms with E-state index in [9.17, 15) is 29.4 Å². The molecule has 0 fully saturated rings. The second-order valence-corrected chi connectivity index (χ2v) is 17.5. The quantitative estimate of drug-likeness (QED) is 0.0358. The number of esters is 2. The molecule has 0 spiro atoms. The molecule has 0 amide bonds. The van der Waals surface area contributed by atoms with Crippen molar-refractivity contribution in [3.05, 3.63) is 71.8 Å². The van der Waals surface area contributed by atoms with E-state index in [1.165, 1.54) is 65.2 Å². The van der Waals surface area contributed by atoms with E-state index in [-0.39, 0.29) is 98.1 Å². The molecule has 364 valence electrons. The van der Waals surface area contributed by atoms with Crippen LogP contribution >= 0.6 is 0 Å². The van der Waals surface area contributed by atoms with Crippen molar-refractivity contribution >= 4 is 72.8 Å². The fraction of sp³-hybridized carbons (Fsp3) is 0.704. The molecule has 0 radical (unpaired) electrons. The van der Waals surface area contributed by atoms with Crippen molar-refractivity contribution in [2.75, 3.05) is 0 Å². The van der Waals surface area contributed by atoms with Gasteiger partial charge in [-0.05, 0) is 88.2 Å². The Bertz CT molecular complexity index is 1320. The number of carboxylic acid groups (broad SMARTS) is 2. The molecule has 0 saturated carbocycles. The summed E-state index contributed by atoms with van der Waals surface area (Å²) in [6.07, 6.45) is 27.5.